The normalized spacial score (nSPS) is 17.4. The molecule has 2 fully saturated rings. The van der Waals surface area contributed by atoms with Gasteiger partial charge in [-0.2, -0.15) is 5.26 Å². The van der Waals surface area contributed by atoms with E-state index in [1.165, 1.54) is 12.3 Å². The molecule has 0 radical (unpaired) electrons. The molecule has 0 spiro atoms. The van der Waals surface area contributed by atoms with Crippen molar-refractivity contribution in [3.8, 4) is 6.07 Å². The van der Waals surface area contributed by atoms with Crippen molar-refractivity contribution in [2.45, 2.75) is 56.0 Å². The van der Waals surface area contributed by atoms with Gasteiger partial charge in [-0.3, -0.25) is 4.79 Å². The molecule has 1 aromatic rings. The summed E-state index contributed by atoms with van der Waals surface area (Å²) in [4.78, 5) is 37.5. The summed E-state index contributed by atoms with van der Waals surface area (Å²) in [5.41, 5.74) is -0.407. The second-order valence-electron chi connectivity index (χ2n) is 9.65. The molecule has 3 rings (SSSR count). The van der Waals surface area contributed by atoms with E-state index in [1.807, 2.05) is 13.8 Å². The van der Waals surface area contributed by atoms with Gasteiger partial charge in [-0.15, -0.1) is 0 Å². The molecule has 208 valence electrons. The van der Waals surface area contributed by atoms with Crippen LogP contribution in [0.25, 0.3) is 0 Å². The number of amides is 1. The Balaban J connectivity index is 0.000000550. The van der Waals surface area contributed by atoms with Crippen LogP contribution < -0.4 is 15.4 Å². The number of carboxylic acid groups (broad SMARTS) is 2. The smallest absolute Gasteiger partial charge is 0.328 e. The molecule has 1 amide bonds. The van der Waals surface area contributed by atoms with Crippen LogP contribution in [0.1, 0.15) is 39.5 Å². The molecule has 0 aromatic carbocycles. The van der Waals surface area contributed by atoms with Crippen LogP contribution in [0.4, 0.5) is 5.82 Å². The van der Waals surface area contributed by atoms with Crippen molar-refractivity contribution in [3.05, 3.63) is 30.5 Å². The molecule has 1 aliphatic carbocycles. The number of nitrogens with one attached hydrogen (secondary N) is 3. The largest absolute Gasteiger partial charge is 0.478 e. The number of carboxylic acids is 2. The molecular weight excluding hydrogens is 516 g/mol. The summed E-state index contributed by atoms with van der Waals surface area (Å²) in [5.74, 6) is -1.56. The van der Waals surface area contributed by atoms with E-state index in [4.69, 9.17) is 15.5 Å². The Morgan fingerprint density at radius 3 is 2.37 bits per heavy atom. The summed E-state index contributed by atoms with van der Waals surface area (Å²) in [6.45, 7) is 5.67. The average molecular weight is 551 g/mol. The summed E-state index contributed by atoms with van der Waals surface area (Å²) in [7, 11) is -3.53. The van der Waals surface area contributed by atoms with Crippen LogP contribution in [-0.2, 0) is 24.4 Å². The van der Waals surface area contributed by atoms with Crippen molar-refractivity contribution in [2.75, 3.05) is 31.5 Å². The minimum atomic E-state index is -3.53. The fraction of sp³-hybridized carbons (Fsp3) is 0.542. The second kappa shape index (κ2) is 13.8. The quantitative estimate of drug-likeness (QED) is 0.230. The first-order valence-corrected chi connectivity index (χ1v) is 13.6. The van der Waals surface area contributed by atoms with Gasteiger partial charge < -0.3 is 25.7 Å². The Morgan fingerprint density at radius 1 is 1.18 bits per heavy atom. The Morgan fingerprint density at radius 2 is 1.84 bits per heavy atom. The lowest BCUT2D eigenvalue weighted by atomic mass is 10.1. The van der Waals surface area contributed by atoms with E-state index >= 15 is 0 Å². The molecular formula is C24H34N6O7S. The van der Waals surface area contributed by atoms with Crippen LogP contribution in [0.2, 0.25) is 0 Å². The first-order valence-electron chi connectivity index (χ1n) is 12.1. The molecule has 13 nitrogen and oxygen atoms in total. The molecule has 1 aromatic heterocycles. The maximum atomic E-state index is 12.4. The average Bonchev–Trinajstić information content (AvgIpc) is 3.58. The summed E-state index contributed by atoms with van der Waals surface area (Å²) >= 11 is 0. The van der Waals surface area contributed by atoms with E-state index in [0.717, 1.165) is 25.7 Å². The van der Waals surface area contributed by atoms with Crippen molar-refractivity contribution in [3.63, 3.8) is 0 Å². The third-order valence-corrected chi connectivity index (χ3v) is 7.23. The Bertz CT molecular complexity index is 1140. The first-order chi connectivity index (χ1) is 17.8. The molecule has 1 atom stereocenters. The highest BCUT2D eigenvalue weighted by Gasteiger charge is 2.29. The second-order valence-corrected chi connectivity index (χ2v) is 11.4. The van der Waals surface area contributed by atoms with Gasteiger partial charge in [-0.25, -0.2) is 27.7 Å². The number of sulfonamides is 1. The lowest BCUT2D eigenvalue weighted by Crippen LogP contribution is -2.50. The zero-order valence-electron chi connectivity index (χ0n) is 21.4. The first kappa shape index (κ1) is 30.7. The number of aromatic nitrogens is 1. The molecule has 2 heterocycles. The number of aliphatic carboxylic acids is 2. The Hall–Kier alpha value is -3.54. The summed E-state index contributed by atoms with van der Waals surface area (Å²) in [6, 6.07) is 5.02. The fourth-order valence-electron chi connectivity index (χ4n) is 3.41. The van der Waals surface area contributed by atoms with E-state index in [9.17, 15) is 22.8 Å². The summed E-state index contributed by atoms with van der Waals surface area (Å²) < 4.78 is 27.1. The number of hydrogen-bond acceptors (Lipinski definition) is 9. The maximum Gasteiger partial charge on any atom is 0.328 e. The van der Waals surface area contributed by atoms with E-state index in [1.54, 1.807) is 11.0 Å². The zero-order valence-corrected chi connectivity index (χ0v) is 22.2. The number of carbonyl (C=O) groups is 3. The number of hydrogen-bond donors (Lipinski definition) is 5. The van der Waals surface area contributed by atoms with Gasteiger partial charge in [0, 0.05) is 43.5 Å². The minimum Gasteiger partial charge on any atom is -0.478 e. The van der Waals surface area contributed by atoms with Gasteiger partial charge in [0.2, 0.25) is 15.9 Å². The predicted octanol–water partition coefficient (Wildman–Crippen LogP) is 0.776. The summed E-state index contributed by atoms with van der Waals surface area (Å²) in [6.07, 6.45) is 6.22. The van der Waals surface area contributed by atoms with Crippen LogP contribution in [0, 0.1) is 17.2 Å². The molecule has 1 aliphatic heterocycles. The number of carbonyl (C=O) groups excluding carboxylic acids is 1. The SMILES string of the molecule is CC(C)(CNc1ccc(S(=O)(=O)NCC2CC2)cn1)NCC(=O)N1CCC[C@H]1C#N.O=C(O)/C=C/C(=O)O. The van der Waals surface area contributed by atoms with Gasteiger partial charge in [-0.05, 0) is 57.6 Å². The number of rotatable bonds is 12. The molecule has 1 saturated heterocycles. The van der Waals surface area contributed by atoms with Crippen molar-refractivity contribution in [2.24, 2.45) is 5.92 Å². The highest BCUT2D eigenvalue weighted by molar-refractivity contribution is 7.89. The number of pyridine rings is 1. The number of nitrogens with zero attached hydrogens (tertiary/aromatic N) is 3. The van der Waals surface area contributed by atoms with Gasteiger partial charge in [-0.1, -0.05) is 0 Å². The molecule has 0 unspecified atom stereocenters. The number of anilines is 1. The van der Waals surface area contributed by atoms with Crippen molar-refractivity contribution < 1.29 is 33.0 Å². The third kappa shape index (κ3) is 10.8. The van der Waals surface area contributed by atoms with Gasteiger partial charge in [0.15, 0.2) is 0 Å². The predicted molar refractivity (Wildman–Crippen MR) is 137 cm³/mol. The van der Waals surface area contributed by atoms with E-state index in [2.05, 4.69) is 26.4 Å². The highest BCUT2D eigenvalue weighted by atomic mass is 32.2. The summed E-state index contributed by atoms with van der Waals surface area (Å²) in [5, 5.41) is 31.1. The molecule has 38 heavy (non-hydrogen) atoms. The van der Waals surface area contributed by atoms with Crippen LogP contribution >= 0.6 is 0 Å². The molecule has 5 N–H and O–H groups in total. The van der Waals surface area contributed by atoms with Gasteiger partial charge >= 0.3 is 11.9 Å². The lowest BCUT2D eigenvalue weighted by molar-refractivity contribution is -0.134. The number of likely N-dealkylation sites (tertiary alicyclic amines) is 1. The molecule has 1 saturated carbocycles. The highest BCUT2D eigenvalue weighted by Crippen LogP contribution is 2.28. The molecule has 0 bridgehead atoms. The molecule has 14 heteroatoms. The monoisotopic (exact) mass is 550 g/mol. The van der Waals surface area contributed by atoms with Gasteiger partial charge in [0.25, 0.3) is 0 Å². The lowest BCUT2D eigenvalue weighted by Gasteiger charge is -2.28. The van der Waals surface area contributed by atoms with E-state index < -0.39 is 27.5 Å². The Kier molecular flexibility index (Phi) is 11.2. The van der Waals surface area contributed by atoms with Crippen LogP contribution in [0.3, 0.4) is 0 Å². The zero-order chi connectivity index (χ0) is 28.3. The molecule has 2 aliphatic rings. The van der Waals surface area contributed by atoms with Crippen molar-refractivity contribution in [1.82, 2.24) is 19.9 Å². The van der Waals surface area contributed by atoms with E-state index in [0.29, 0.717) is 43.5 Å². The van der Waals surface area contributed by atoms with E-state index in [-0.39, 0.29) is 23.4 Å². The van der Waals surface area contributed by atoms with Crippen molar-refractivity contribution in [1.29, 1.82) is 5.26 Å². The van der Waals surface area contributed by atoms with Gasteiger partial charge in [0.1, 0.15) is 16.8 Å². The van der Waals surface area contributed by atoms with Crippen LogP contribution in [0.5, 0.6) is 0 Å². The van der Waals surface area contributed by atoms with Gasteiger partial charge in [0.05, 0.1) is 12.6 Å². The minimum absolute atomic E-state index is 0.0708. The maximum absolute atomic E-state index is 12.4. The number of nitriles is 1. The van der Waals surface area contributed by atoms with Crippen LogP contribution in [0.15, 0.2) is 35.4 Å². The van der Waals surface area contributed by atoms with Crippen molar-refractivity contribution >= 4 is 33.7 Å². The Labute approximate surface area is 222 Å². The topological polar surface area (TPSA) is 202 Å². The van der Waals surface area contributed by atoms with Crippen LogP contribution in [-0.4, -0.2) is 84.1 Å². The standard InChI is InChI=1S/C20H30N6O3S.C4H4O4/c1-20(2,24-13-19(27)26-9-3-4-16(26)10-21)14-23-18-8-7-17(12-22-18)30(28,29)25-11-15-5-6-15;5-3(6)1-2-4(7)8/h7-8,12,15-16,24-25H,3-6,9,11,13-14H2,1-2H3,(H,22,23);1-2H,(H,5,6)(H,7,8)/b;2-1+/t16-;/m0./s1. The fourth-order valence-corrected chi connectivity index (χ4v) is 4.47. The third-order valence-electron chi connectivity index (χ3n) is 5.83.